The van der Waals surface area contributed by atoms with E-state index in [1.807, 2.05) is 73.7 Å². The molecule has 1 unspecified atom stereocenters. The Labute approximate surface area is 732 Å². The number of nitrogens with one attached hydrogen (secondary N) is 4. The van der Waals surface area contributed by atoms with E-state index in [2.05, 4.69) is 28.2 Å². The summed E-state index contributed by atoms with van der Waals surface area (Å²) in [6, 6.07) is 32.9. The summed E-state index contributed by atoms with van der Waals surface area (Å²) < 4.78 is 69.5. The van der Waals surface area contributed by atoms with Gasteiger partial charge in [0, 0.05) is 49.1 Å². The van der Waals surface area contributed by atoms with Gasteiger partial charge in [0.2, 0.25) is 23.6 Å². The van der Waals surface area contributed by atoms with Gasteiger partial charge in [0.05, 0.1) is 99.9 Å². The zero-order valence-electron chi connectivity index (χ0n) is 76.4. The van der Waals surface area contributed by atoms with Crippen LogP contribution in [0.2, 0.25) is 0 Å². The number of Topliss-reactive ketones (excluding diaryl/α,β-unsaturated/α-hetero) is 4. The second-order valence-corrected chi connectivity index (χ2v) is 36.1. The van der Waals surface area contributed by atoms with Crippen LogP contribution in [0, 0.1) is 23.1 Å². The number of hydrogen-bond donors (Lipinski definition) is 6. The molecule has 26 heteroatoms. The quantitative estimate of drug-likeness (QED) is 0.0153. The molecule has 0 aromatic heterocycles. The second-order valence-electron chi connectivity index (χ2n) is 36.1. The van der Waals surface area contributed by atoms with Crippen molar-refractivity contribution >= 4 is 58.6 Å². The number of primary amides is 1. The highest BCUT2D eigenvalue weighted by atomic mass is 19.1. The Morgan fingerprint density at radius 2 is 1.07 bits per heavy atom. The molecule has 25 nitrogen and oxygen atoms in total. The molecule has 0 bridgehead atoms. The number of rotatable bonds is 51. The minimum Gasteiger partial charge on any atom is -0.497 e. The fourth-order valence-electron chi connectivity index (χ4n) is 14.8. The first-order valence-corrected chi connectivity index (χ1v) is 43.0. The molecule has 0 aliphatic carbocycles. The lowest BCUT2D eigenvalue weighted by Gasteiger charge is -2.36. The van der Waals surface area contributed by atoms with Gasteiger partial charge in [-0.05, 0) is 229 Å². The van der Waals surface area contributed by atoms with Gasteiger partial charge in [0.15, 0.2) is 29.7 Å². The molecule has 5 amide bonds. The van der Waals surface area contributed by atoms with Crippen LogP contribution in [0.1, 0.15) is 221 Å². The van der Waals surface area contributed by atoms with Crippen LogP contribution in [0.5, 0.6) is 28.7 Å². The lowest BCUT2D eigenvalue weighted by Crippen LogP contribution is -2.57. The first-order valence-electron chi connectivity index (χ1n) is 43.0. The highest BCUT2D eigenvalue weighted by molar-refractivity contribution is 6.00. The minimum absolute atomic E-state index is 0.0512. The number of carbonyl (C=O) groups excluding carboxylic acids is 10. The molecule has 0 fully saturated rings. The Balaban J connectivity index is 1.48. The Morgan fingerprint density at radius 1 is 0.516 bits per heavy atom. The van der Waals surface area contributed by atoms with Gasteiger partial charge in [-0.25, -0.2) is 4.39 Å². The average molecular weight is 1720 g/mol. The van der Waals surface area contributed by atoms with E-state index in [4.69, 9.17) is 54.1 Å². The summed E-state index contributed by atoms with van der Waals surface area (Å²) in [6.45, 7) is 28.5. The standard InChI is InChI=1S/C98H135FN6O19/c1-21-23-26-48-119-71-40-34-63(35-41-71)28-27-31-79(82(107)54-77(76-47-45-74(117-19)53-85(76)118-20)67-38-42-72(43-39-67)120-60-86(101)110)102-91(113)69(49-64-32-36-66(37-33-64)75-46-44-73(116-18)50-65(75)22-2)51-81(106)80(55-88(112)124-97(14,15)16)103-92(114)70(59-121-94(5,6)7)52-83(108)89(61(3)122-95(8,9)10)105-93(115)98(17,56-68-29-24-25-30-78(68)99)57-84(109)90(104-87(111)58-100)62(4)123-96(11,12)13/h24-25,29-30,32-47,50,53,61-62,69-70,77,79-80,89-90H,21-23,26-28,31,48-49,51-52,54-60,100H2,1-20H3,(H2,101,110)(H,102,113)(H,103,114)(H,104,111)(H,105,115)/t61-,62-,69-,70+,77?,79+,80+,89+,90+,98-/m1/s1. The van der Waals surface area contributed by atoms with Crippen molar-refractivity contribution in [2.45, 2.75) is 272 Å². The van der Waals surface area contributed by atoms with Crippen LogP contribution in [-0.2, 0) is 92.6 Å². The highest BCUT2D eigenvalue weighted by Gasteiger charge is 2.45. The number of nitrogens with two attached hydrogens (primary N) is 2. The third-order valence-electron chi connectivity index (χ3n) is 20.9. The number of benzene rings is 6. The summed E-state index contributed by atoms with van der Waals surface area (Å²) in [7, 11) is 4.61. The second kappa shape index (κ2) is 47.6. The predicted octanol–water partition coefficient (Wildman–Crippen LogP) is 14.1. The number of amides is 5. The van der Waals surface area contributed by atoms with Crippen molar-refractivity contribution in [2.24, 2.45) is 28.7 Å². The summed E-state index contributed by atoms with van der Waals surface area (Å²) >= 11 is 0. The fourth-order valence-corrected chi connectivity index (χ4v) is 14.8. The molecule has 0 aliphatic heterocycles. The van der Waals surface area contributed by atoms with Crippen molar-refractivity contribution in [1.82, 2.24) is 21.3 Å². The van der Waals surface area contributed by atoms with E-state index in [-0.39, 0.29) is 31.4 Å². The summed E-state index contributed by atoms with van der Waals surface area (Å²) in [4.78, 5) is 149. The molecular formula is C98H135FN6O19. The Kier molecular flexibility index (Phi) is 39.3. The maximum Gasteiger partial charge on any atom is 0.308 e. The van der Waals surface area contributed by atoms with Crippen LogP contribution in [0.4, 0.5) is 4.39 Å². The smallest absolute Gasteiger partial charge is 0.308 e. The molecule has 0 heterocycles. The molecule has 6 aromatic carbocycles. The lowest BCUT2D eigenvalue weighted by molar-refractivity contribution is -0.156. The number of carbonyl (C=O) groups is 10. The van der Waals surface area contributed by atoms with Crippen LogP contribution in [0.15, 0.2) is 133 Å². The molecule has 10 atom stereocenters. The molecule has 124 heavy (non-hydrogen) atoms. The first-order chi connectivity index (χ1) is 58.3. The SMILES string of the molecule is CCCCCOc1ccc(CCC[C@H](NC(=O)[C@@H](CC(=O)[C@H](CC(=O)OC(C)(C)C)NC(=O)[C@H](COC(C)(C)C)CC(=O)[C@@H](NC(=O)[C@@](C)(CC(=O)[C@@H](NC(=O)CN)[C@@H](C)OC(C)(C)C)Cc2ccccc2F)[C@@H](C)OC(C)(C)C)Cc2ccc(-c3ccc(OC)cc3CC)cc2)C(=O)CC(c2ccc(OCC(N)=O)cc2)c2ccc(OC)cc2OC)cc1. The van der Waals surface area contributed by atoms with Gasteiger partial charge in [-0.15, -0.1) is 0 Å². The van der Waals surface area contributed by atoms with E-state index in [1.54, 1.807) is 153 Å². The van der Waals surface area contributed by atoms with Gasteiger partial charge >= 0.3 is 5.97 Å². The number of esters is 1. The monoisotopic (exact) mass is 1720 g/mol. The van der Waals surface area contributed by atoms with E-state index >= 15 is 33.2 Å². The Bertz CT molecular complexity index is 4530. The number of aryl methyl sites for hydroxylation is 2. The molecule has 0 spiro atoms. The maximum absolute atomic E-state index is 16.0. The average Bonchev–Trinajstić information content (AvgIpc) is 0.820. The number of hydrogen-bond acceptors (Lipinski definition) is 20. The van der Waals surface area contributed by atoms with E-state index in [0.717, 1.165) is 41.5 Å². The third-order valence-corrected chi connectivity index (χ3v) is 20.9. The molecule has 0 saturated carbocycles. The normalized spacial score (nSPS) is 14.5. The van der Waals surface area contributed by atoms with Gasteiger partial charge in [-0.3, -0.25) is 47.9 Å². The summed E-state index contributed by atoms with van der Waals surface area (Å²) in [5, 5.41) is 11.4. The van der Waals surface area contributed by atoms with Crippen molar-refractivity contribution in [3.63, 3.8) is 0 Å². The molecular weight excluding hydrogens is 1580 g/mol. The number of methoxy groups -OCH3 is 3. The number of unbranched alkanes of at least 4 members (excludes halogenated alkanes) is 2. The summed E-state index contributed by atoms with van der Waals surface area (Å²) in [6.07, 6.45) is -0.955. The van der Waals surface area contributed by atoms with Crippen LogP contribution in [0.3, 0.4) is 0 Å². The zero-order valence-corrected chi connectivity index (χ0v) is 76.4. The van der Waals surface area contributed by atoms with Crippen LogP contribution in [0.25, 0.3) is 11.1 Å². The first kappa shape index (κ1) is 102. The van der Waals surface area contributed by atoms with Crippen LogP contribution in [-0.4, -0.2) is 165 Å². The van der Waals surface area contributed by atoms with Crippen LogP contribution < -0.4 is 56.4 Å². The van der Waals surface area contributed by atoms with Gasteiger partial charge < -0.3 is 75.4 Å². The minimum atomic E-state index is -1.88. The van der Waals surface area contributed by atoms with Gasteiger partial charge in [-0.1, -0.05) is 112 Å². The Morgan fingerprint density at radius 3 is 1.65 bits per heavy atom. The maximum atomic E-state index is 16.0. The molecule has 6 aromatic rings. The van der Waals surface area contributed by atoms with Crippen LogP contribution >= 0.6 is 0 Å². The van der Waals surface area contributed by atoms with Gasteiger partial charge in [0.25, 0.3) is 5.91 Å². The molecule has 0 radical (unpaired) electrons. The predicted molar refractivity (Wildman–Crippen MR) is 476 cm³/mol. The van der Waals surface area contributed by atoms with Crippen molar-refractivity contribution in [2.75, 3.05) is 47.7 Å². The van der Waals surface area contributed by atoms with Gasteiger partial charge in [0.1, 0.15) is 52.2 Å². The number of ether oxygens (including phenoxy) is 9. The van der Waals surface area contributed by atoms with E-state index in [9.17, 15) is 19.2 Å². The van der Waals surface area contributed by atoms with Crippen molar-refractivity contribution < 1.29 is 95.0 Å². The lowest BCUT2D eigenvalue weighted by atomic mass is 9.76. The summed E-state index contributed by atoms with van der Waals surface area (Å²) in [5.74, 6) is -9.08. The number of ketones is 4. The van der Waals surface area contributed by atoms with Gasteiger partial charge in [-0.2, -0.15) is 0 Å². The zero-order chi connectivity index (χ0) is 92.0. The number of halogens is 1. The van der Waals surface area contributed by atoms with E-state index in [1.165, 1.54) is 39.3 Å². The highest BCUT2D eigenvalue weighted by Crippen LogP contribution is 2.40. The molecule has 8 N–H and O–H groups in total. The molecule has 0 aliphatic rings. The van der Waals surface area contributed by atoms with E-state index in [0.29, 0.717) is 71.3 Å². The molecule has 0 saturated heterocycles. The van der Waals surface area contributed by atoms with Crippen molar-refractivity contribution in [1.29, 1.82) is 0 Å². The third kappa shape index (κ3) is 33.9. The van der Waals surface area contributed by atoms with Crippen molar-refractivity contribution in [3.05, 3.63) is 173 Å². The molecule has 678 valence electrons. The largest absolute Gasteiger partial charge is 0.497 e. The topological polar surface area (TPSA) is 354 Å². The molecule has 6 rings (SSSR count). The fraction of sp³-hybridized carbons (Fsp3) is 0.531. The van der Waals surface area contributed by atoms with E-state index < -0.39 is 192 Å². The summed E-state index contributed by atoms with van der Waals surface area (Å²) in [5.41, 5.74) is 11.1. The Hall–Kier alpha value is -10.4. The van der Waals surface area contributed by atoms with Crippen molar-refractivity contribution in [3.8, 4) is 39.9 Å².